The summed E-state index contributed by atoms with van der Waals surface area (Å²) < 4.78 is 5.20. The predicted octanol–water partition coefficient (Wildman–Crippen LogP) is 3.88. The fourth-order valence-corrected chi connectivity index (χ4v) is 1.41. The van der Waals surface area contributed by atoms with Crippen LogP contribution >= 0.6 is 0 Å². The maximum Gasteiger partial charge on any atom is 0.258 e. The van der Waals surface area contributed by atoms with Gasteiger partial charge in [-0.1, -0.05) is 54.2 Å². The lowest BCUT2D eigenvalue weighted by atomic mass is 10.2. The zero-order chi connectivity index (χ0) is 12.8. The van der Waals surface area contributed by atoms with Gasteiger partial charge in [-0.15, -0.1) is 0 Å². The molecule has 0 bridgehead atoms. The van der Waals surface area contributed by atoms with Crippen LogP contribution in [-0.2, 0) is 0 Å². The smallest absolute Gasteiger partial charge is 0.258 e. The highest BCUT2D eigenvalue weighted by atomic mass is 16.5. The summed E-state index contributed by atoms with van der Waals surface area (Å²) in [6.07, 6.45) is 7.60. The third-order valence-electron chi connectivity index (χ3n) is 2.33. The van der Waals surface area contributed by atoms with Crippen molar-refractivity contribution in [3.05, 3.63) is 67.0 Å². The molecule has 2 aromatic rings. The molecule has 1 aromatic carbocycles. The van der Waals surface area contributed by atoms with E-state index >= 15 is 0 Å². The maximum absolute atomic E-state index is 5.20. The lowest BCUT2D eigenvalue weighted by Gasteiger charge is -1.91. The molecule has 0 saturated carbocycles. The van der Waals surface area contributed by atoms with E-state index in [2.05, 4.69) is 16.7 Å². The van der Waals surface area contributed by atoms with Gasteiger partial charge in [-0.25, -0.2) is 0 Å². The van der Waals surface area contributed by atoms with E-state index in [1.165, 1.54) is 0 Å². The van der Waals surface area contributed by atoms with Gasteiger partial charge in [-0.2, -0.15) is 4.98 Å². The highest BCUT2D eigenvalue weighted by molar-refractivity contribution is 5.68. The van der Waals surface area contributed by atoms with Crippen molar-refractivity contribution in [2.45, 2.75) is 6.92 Å². The Kier molecular flexibility index (Phi) is 3.86. The van der Waals surface area contributed by atoms with Gasteiger partial charge in [0.1, 0.15) is 0 Å². The second-order valence-corrected chi connectivity index (χ2v) is 3.70. The quantitative estimate of drug-likeness (QED) is 0.759. The zero-order valence-corrected chi connectivity index (χ0v) is 10.2. The normalized spacial score (nSPS) is 11.4. The number of nitrogens with zero attached hydrogens (tertiary/aromatic N) is 2. The summed E-state index contributed by atoms with van der Waals surface area (Å²) in [5.41, 5.74) is 1.63. The number of benzene rings is 1. The molecule has 0 fully saturated rings. The topological polar surface area (TPSA) is 38.9 Å². The largest absolute Gasteiger partial charge is 0.334 e. The van der Waals surface area contributed by atoms with Gasteiger partial charge in [-0.3, -0.25) is 0 Å². The van der Waals surface area contributed by atoms with Gasteiger partial charge in [0.05, 0.1) is 0 Å². The van der Waals surface area contributed by atoms with Crippen LogP contribution in [0.5, 0.6) is 0 Å². The summed E-state index contributed by atoms with van der Waals surface area (Å²) in [4.78, 5) is 4.31. The van der Waals surface area contributed by atoms with Crippen molar-refractivity contribution in [2.75, 3.05) is 0 Å². The first-order valence-electron chi connectivity index (χ1n) is 5.69. The van der Waals surface area contributed by atoms with Crippen LogP contribution in [0.2, 0.25) is 0 Å². The minimum atomic E-state index is 0.506. The molecule has 0 aliphatic heterocycles. The fourth-order valence-electron chi connectivity index (χ4n) is 1.41. The van der Waals surface area contributed by atoms with Crippen molar-refractivity contribution >= 4 is 5.57 Å². The summed E-state index contributed by atoms with van der Waals surface area (Å²) in [6, 6.07) is 9.66. The second kappa shape index (κ2) is 5.77. The molecule has 0 N–H and O–H groups in total. The molecule has 90 valence electrons. The van der Waals surface area contributed by atoms with Gasteiger partial charge < -0.3 is 4.52 Å². The highest BCUT2D eigenvalue weighted by Crippen LogP contribution is 2.19. The summed E-state index contributed by atoms with van der Waals surface area (Å²) in [5.74, 6) is 1.01. The van der Waals surface area contributed by atoms with E-state index in [9.17, 15) is 0 Å². The van der Waals surface area contributed by atoms with Crippen LogP contribution < -0.4 is 0 Å². The van der Waals surface area contributed by atoms with Gasteiger partial charge in [0.15, 0.2) is 0 Å². The van der Waals surface area contributed by atoms with Crippen LogP contribution in [0.3, 0.4) is 0 Å². The molecular weight excluding hydrogens is 224 g/mol. The van der Waals surface area contributed by atoms with Gasteiger partial charge in [0.2, 0.25) is 5.82 Å². The van der Waals surface area contributed by atoms with E-state index in [1.807, 2.05) is 61.6 Å². The standard InChI is InChI=1S/C15H14N2O/c1-3-4-6-9-12(2)14-16-15(18-17-14)13-10-7-5-8-11-13/h3-11H,2H2,1H3/b4-3-,9-6-. The first-order chi connectivity index (χ1) is 8.81. The van der Waals surface area contributed by atoms with Crippen molar-refractivity contribution < 1.29 is 4.52 Å². The lowest BCUT2D eigenvalue weighted by molar-refractivity contribution is 0.428. The van der Waals surface area contributed by atoms with Crippen molar-refractivity contribution in [2.24, 2.45) is 0 Å². The highest BCUT2D eigenvalue weighted by Gasteiger charge is 2.08. The average Bonchev–Trinajstić information content (AvgIpc) is 2.89. The minimum Gasteiger partial charge on any atom is -0.334 e. The SMILES string of the molecule is C=C(/C=C\C=C/C)c1noc(-c2ccccc2)n1. The molecule has 1 aromatic heterocycles. The minimum absolute atomic E-state index is 0.506. The molecule has 3 heteroatoms. The summed E-state index contributed by atoms with van der Waals surface area (Å²) in [7, 11) is 0. The molecular formula is C15H14N2O. The Labute approximate surface area is 106 Å². The molecule has 0 aliphatic rings. The van der Waals surface area contributed by atoms with E-state index in [1.54, 1.807) is 0 Å². The summed E-state index contributed by atoms with van der Waals surface area (Å²) in [6.45, 7) is 5.85. The molecule has 0 atom stereocenters. The Balaban J connectivity index is 2.18. The van der Waals surface area contributed by atoms with Crippen LogP contribution in [-0.4, -0.2) is 10.1 Å². The van der Waals surface area contributed by atoms with Gasteiger partial charge >= 0.3 is 0 Å². The first-order valence-corrected chi connectivity index (χ1v) is 5.69. The number of hydrogen-bond donors (Lipinski definition) is 0. The molecule has 0 saturated heterocycles. The average molecular weight is 238 g/mol. The van der Waals surface area contributed by atoms with Crippen LogP contribution in [0.25, 0.3) is 17.0 Å². The van der Waals surface area contributed by atoms with Crippen LogP contribution in [0.15, 0.2) is 65.7 Å². The Bertz CT molecular complexity index is 580. The molecule has 3 nitrogen and oxygen atoms in total. The Morgan fingerprint density at radius 1 is 1.22 bits per heavy atom. The van der Waals surface area contributed by atoms with Gasteiger partial charge in [-0.05, 0) is 19.1 Å². The van der Waals surface area contributed by atoms with E-state index in [4.69, 9.17) is 4.52 Å². The molecule has 0 amide bonds. The van der Waals surface area contributed by atoms with Crippen molar-refractivity contribution in [1.82, 2.24) is 10.1 Å². The monoisotopic (exact) mass is 238 g/mol. The first kappa shape index (κ1) is 12.0. The van der Waals surface area contributed by atoms with E-state index < -0.39 is 0 Å². The van der Waals surface area contributed by atoms with E-state index in [0.717, 1.165) is 11.1 Å². The second-order valence-electron chi connectivity index (χ2n) is 3.70. The molecule has 18 heavy (non-hydrogen) atoms. The van der Waals surface area contributed by atoms with E-state index in [0.29, 0.717) is 11.7 Å². The predicted molar refractivity (Wildman–Crippen MR) is 72.7 cm³/mol. The zero-order valence-electron chi connectivity index (χ0n) is 10.2. The Hall–Kier alpha value is -2.42. The van der Waals surface area contributed by atoms with Crippen molar-refractivity contribution in [1.29, 1.82) is 0 Å². The number of aromatic nitrogens is 2. The molecule has 1 heterocycles. The number of rotatable bonds is 4. The molecule has 0 spiro atoms. The van der Waals surface area contributed by atoms with E-state index in [-0.39, 0.29) is 0 Å². The third-order valence-corrected chi connectivity index (χ3v) is 2.33. The number of hydrogen-bond acceptors (Lipinski definition) is 3. The molecule has 0 aliphatic carbocycles. The molecule has 2 rings (SSSR count). The van der Waals surface area contributed by atoms with Crippen LogP contribution in [0, 0.1) is 0 Å². The van der Waals surface area contributed by atoms with Crippen molar-refractivity contribution in [3.8, 4) is 11.5 Å². The maximum atomic E-state index is 5.20. The summed E-state index contributed by atoms with van der Waals surface area (Å²) in [5, 5.41) is 3.91. The van der Waals surface area contributed by atoms with Gasteiger partial charge in [0, 0.05) is 11.1 Å². The fraction of sp³-hybridized carbons (Fsp3) is 0.0667. The number of allylic oxidation sites excluding steroid dienone is 5. The third kappa shape index (κ3) is 2.83. The van der Waals surface area contributed by atoms with Crippen LogP contribution in [0.1, 0.15) is 12.7 Å². The Morgan fingerprint density at radius 3 is 2.72 bits per heavy atom. The molecule has 0 radical (unpaired) electrons. The summed E-state index contributed by atoms with van der Waals surface area (Å²) >= 11 is 0. The van der Waals surface area contributed by atoms with Crippen molar-refractivity contribution in [3.63, 3.8) is 0 Å². The molecule has 0 unspecified atom stereocenters. The Morgan fingerprint density at radius 2 is 2.00 bits per heavy atom. The lowest BCUT2D eigenvalue weighted by Crippen LogP contribution is -1.82. The van der Waals surface area contributed by atoms with Gasteiger partial charge in [0.25, 0.3) is 5.89 Å². The van der Waals surface area contributed by atoms with Crippen LogP contribution in [0.4, 0.5) is 0 Å².